The van der Waals surface area contributed by atoms with E-state index in [1.165, 1.54) is 0 Å². The zero-order valence-corrected chi connectivity index (χ0v) is 11.0. The molecule has 2 unspecified atom stereocenters. The topological polar surface area (TPSA) is 76.2 Å². The maximum atomic E-state index is 12.2. The van der Waals surface area contributed by atoms with Gasteiger partial charge in [0.1, 0.15) is 6.61 Å². The summed E-state index contributed by atoms with van der Waals surface area (Å²) >= 11 is 0. The van der Waals surface area contributed by atoms with Crippen molar-refractivity contribution in [2.45, 2.75) is 19.1 Å². The number of fused-ring (bicyclic) bond motifs is 1. The second kappa shape index (κ2) is 5.24. The van der Waals surface area contributed by atoms with Gasteiger partial charge in [-0.2, -0.15) is 5.10 Å². The second-order valence-corrected chi connectivity index (χ2v) is 4.63. The lowest BCUT2D eigenvalue weighted by atomic mass is 10.2. The highest BCUT2D eigenvalue weighted by Crippen LogP contribution is 2.31. The van der Waals surface area contributed by atoms with E-state index in [0.717, 1.165) is 5.56 Å². The Labute approximate surface area is 116 Å². The number of H-pyrrole nitrogens is 1. The van der Waals surface area contributed by atoms with E-state index >= 15 is 0 Å². The summed E-state index contributed by atoms with van der Waals surface area (Å²) in [6.07, 6.45) is 2.79. The average molecular weight is 273 g/mol. The fourth-order valence-corrected chi connectivity index (χ4v) is 2.04. The van der Waals surface area contributed by atoms with Crippen LogP contribution in [-0.4, -0.2) is 28.8 Å². The molecule has 104 valence electrons. The van der Waals surface area contributed by atoms with Gasteiger partial charge in [0, 0.05) is 11.8 Å². The van der Waals surface area contributed by atoms with Gasteiger partial charge >= 0.3 is 0 Å². The van der Waals surface area contributed by atoms with Crippen molar-refractivity contribution in [3.05, 3.63) is 42.2 Å². The Morgan fingerprint density at radius 2 is 2.25 bits per heavy atom. The van der Waals surface area contributed by atoms with Crippen molar-refractivity contribution in [1.82, 2.24) is 15.5 Å². The molecule has 1 amide bonds. The summed E-state index contributed by atoms with van der Waals surface area (Å²) in [6.45, 7) is 2.10. The summed E-state index contributed by atoms with van der Waals surface area (Å²) < 4.78 is 11.2. The molecule has 0 saturated carbocycles. The minimum absolute atomic E-state index is 0.137. The third kappa shape index (κ3) is 2.45. The summed E-state index contributed by atoms with van der Waals surface area (Å²) in [4.78, 5) is 12.2. The van der Waals surface area contributed by atoms with Gasteiger partial charge < -0.3 is 14.8 Å². The lowest BCUT2D eigenvalue weighted by molar-refractivity contribution is -0.131. The molecule has 0 aliphatic carbocycles. The van der Waals surface area contributed by atoms with E-state index in [-0.39, 0.29) is 18.6 Å². The van der Waals surface area contributed by atoms with Gasteiger partial charge in [-0.15, -0.1) is 0 Å². The molecule has 2 atom stereocenters. The van der Waals surface area contributed by atoms with E-state index in [1.54, 1.807) is 18.5 Å². The normalized spacial score (nSPS) is 18.4. The molecule has 2 N–H and O–H groups in total. The maximum Gasteiger partial charge on any atom is 0.265 e. The van der Waals surface area contributed by atoms with Crippen molar-refractivity contribution in [2.24, 2.45) is 0 Å². The number of amides is 1. The van der Waals surface area contributed by atoms with Crippen molar-refractivity contribution in [3.63, 3.8) is 0 Å². The number of carbonyl (C=O) groups excluding carboxylic acids is 1. The number of nitrogens with zero attached hydrogens (tertiary/aromatic N) is 1. The molecular formula is C14H15N3O3. The van der Waals surface area contributed by atoms with Crippen LogP contribution in [-0.2, 0) is 4.79 Å². The van der Waals surface area contributed by atoms with Crippen LogP contribution in [0.4, 0.5) is 0 Å². The van der Waals surface area contributed by atoms with Crippen molar-refractivity contribution in [1.29, 1.82) is 0 Å². The van der Waals surface area contributed by atoms with Gasteiger partial charge in [-0.25, -0.2) is 0 Å². The van der Waals surface area contributed by atoms with Crippen molar-refractivity contribution < 1.29 is 14.3 Å². The standard InChI is InChI=1S/C14H15N3O3/c1-9(10-6-15-16-7-10)17-14(18)13-8-19-11-4-2-3-5-12(11)20-13/h2-7,9,13H,8H2,1H3,(H,15,16)(H,17,18). The zero-order chi connectivity index (χ0) is 13.9. The second-order valence-electron chi connectivity index (χ2n) is 4.63. The summed E-state index contributed by atoms with van der Waals surface area (Å²) in [6, 6.07) is 7.17. The Bertz CT molecular complexity index is 597. The number of hydrogen-bond acceptors (Lipinski definition) is 4. The maximum absolute atomic E-state index is 12.2. The van der Waals surface area contributed by atoms with Crippen LogP contribution in [0.25, 0.3) is 0 Å². The van der Waals surface area contributed by atoms with Gasteiger partial charge in [0.25, 0.3) is 5.91 Å². The Kier molecular flexibility index (Phi) is 3.28. The lowest BCUT2D eigenvalue weighted by Crippen LogP contribution is -2.44. The summed E-state index contributed by atoms with van der Waals surface area (Å²) in [5, 5.41) is 9.46. The van der Waals surface area contributed by atoms with Crippen LogP contribution >= 0.6 is 0 Å². The number of para-hydroxylation sites is 2. The highest BCUT2D eigenvalue weighted by molar-refractivity contribution is 5.82. The largest absolute Gasteiger partial charge is 0.485 e. The fraction of sp³-hybridized carbons (Fsp3) is 0.286. The van der Waals surface area contributed by atoms with E-state index in [4.69, 9.17) is 9.47 Å². The van der Waals surface area contributed by atoms with Crippen LogP contribution < -0.4 is 14.8 Å². The summed E-state index contributed by atoms with van der Waals surface area (Å²) in [5.74, 6) is 1.06. The molecule has 0 saturated heterocycles. The number of rotatable bonds is 3. The first-order valence-electron chi connectivity index (χ1n) is 6.41. The molecule has 3 rings (SSSR count). The molecule has 1 aromatic heterocycles. The van der Waals surface area contributed by atoms with Crippen LogP contribution in [0, 0.1) is 0 Å². The fourth-order valence-electron chi connectivity index (χ4n) is 2.04. The highest BCUT2D eigenvalue weighted by Gasteiger charge is 2.28. The quantitative estimate of drug-likeness (QED) is 0.887. The molecular weight excluding hydrogens is 258 g/mol. The Morgan fingerprint density at radius 1 is 1.45 bits per heavy atom. The Balaban J connectivity index is 1.64. The van der Waals surface area contributed by atoms with Gasteiger partial charge in [0.05, 0.1) is 12.2 Å². The number of benzene rings is 1. The van der Waals surface area contributed by atoms with Crippen molar-refractivity contribution in [3.8, 4) is 11.5 Å². The number of hydrogen-bond donors (Lipinski definition) is 2. The number of aromatic amines is 1. The average Bonchev–Trinajstić information content (AvgIpc) is 3.01. The van der Waals surface area contributed by atoms with E-state index < -0.39 is 6.10 Å². The molecule has 0 spiro atoms. The van der Waals surface area contributed by atoms with Crippen LogP contribution in [0.5, 0.6) is 11.5 Å². The predicted molar refractivity (Wildman–Crippen MR) is 71.5 cm³/mol. The van der Waals surface area contributed by atoms with E-state index in [0.29, 0.717) is 11.5 Å². The number of carbonyl (C=O) groups is 1. The number of nitrogens with one attached hydrogen (secondary N) is 2. The Morgan fingerprint density at radius 3 is 3.00 bits per heavy atom. The van der Waals surface area contributed by atoms with Crippen LogP contribution in [0.3, 0.4) is 0 Å². The van der Waals surface area contributed by atoms with Gasteiger partial charge in [0.2, 0.25) is 6.10 Å². The van der Waals surface area contributed by atoms with E-state index in [2.05, 4.69) is 15.5 Å². The minimum Gasteiger partial charge on any atom is -0.485 e. The summed E-state index contributed by atoms with van der Waals surface area (Å²) in [5.41, 5.74) is 0.912. The molecule has 2 heterocycles. The van der Waals surface area contributed by atoms with Gasteiger partial charge in [0.15, 0.2) is 11.5 Å². The monoisotopic (exact) mass is 273 g/mol. The molecule has 6 nitrogen and oxygen atoms in total. The van der Waals surface area contributed by atoms with Gasteiger partial charge in [-0.1, -0.05) is 12.1 Å². The first kappa shape index (κ1) is 12.5. The van der Waals surface area contributed by atoms with Crippen LogP contribution in [0.15, 0.2) is 36.7 Å². The SMILES string of the molecule is CC(NC(=O)C1COc2ccccc2O1)c1cn[nH]c1. The smallest absolute Gasteiger partial charge is 0.265 e. The first-order valence-corrected chi connectivity index (χ1v) is 6.41. The lowest BCUT2D eigenvalue weighted by Gasteiger charge is -2.26. The molecule has 2 aromatic rings. The summed E-state index contributed by atoms with van der Waals surface area (Å²) in [7, 11) is 0. The molecule has 0 fully saturated rings. The molecule has 20 heavy (non-hydrogen) atoms. The molecule has 0 radical (unpaired) electrons. The van der Waals surface area contributed by atoms with Crippen LogP contribution in [0.2, 0.25) is 0 Å². The zero-order valence-electron chi connectivity index (χ0n) is 11.0. The number of ether oxygens (including phenoxy) is 2. The molecule has 0 bridgehead atoms. The molecule has 1 aliphatic rings. The van der Waals surface area contributed by atoms with Crippen LogP contribution in [0.1, 0.15) is 18.5 Å². The Hall–Kier alpha value is -2.50. The number of aromatic nitrogens is 2. The molecule has 1 aliphatic heterocycles. The minimum atomic E-state index is -0.640. The van der Waals surface area contributed by atoms with Crippen molar-refractivity contribution in [2.75, 3.05) is 6.61 Å². The third-order valence-corrected chi connectivity index (χ3v) is 3.18. The first-order chi connectivity index (χ1) is 9.74. The molecule has 1 aromatic carbocycles. The predicted octanol–water partition coefficient (Wildman–Crippen LogP) is 1.43. The van der Waals surface area contributed by atoms with E-state index in [1.807, 2.05) is 25.1 Å². The van der Waals surface area contributed by atoms with Gasteiger partial charge in [-0.05, 0) is 19.1 Å². The van der Waals surface area contributed by atoms with E-state index in [9.17, 15) is 4.79 Å². The van der Waals surface area contributed by atoms with Crippen molar-refractivity contribution >= 4 is 5.91 Å². The van der Waals surface area contributed by atoms with Gasteiger partial charge in [-0.3, -0.25) is 9.89 Å². The molecule has 6 heteroatoms. The third-order valence-electron chi connectivity index (χ3n) is 3.18. The highest BCUT2D eigenvalue weighted by atomic mass is 16.6.